The third kappa shape index (κ3) is 3.30. The Morgan fingerprint density at radius 3 is 2.52 bits per heavy atom. The number of rotatable bonds is 3. The second kappa shape index (κ2) is 6.42. The highest BCUT2D eigenvalue weighted by Crippen LogP contribution is 2.28. The van der Waals surface area contributed by atoms with Crippen molar-refractivity contribution in [2.45, 2.75) is 12.5 Å². The summed E-state index contributed by atoms with van der Waals surface area (Å²) < 4.78 is 27.1. The van der Waals surface area contributed by atoms with Gasteiger partial charge in [-0.05, 0) is 29.3 Å². The molecule has 2 heterocycles. The molecule has 0 bridgehead atoms. The third-order valence-corrected chi connectivity index (χ3v) is 4.76. The monoisotopic (exact) mass is 389 g/mol. The Bertz CT molecular complexity index is 1090. The molecule has 0 saturated carbocycles. The first-order chi connectivity index (χ1) is 12.8. The second-order valence-corrected chi connectivity index (χ2v) is 6.93. The van der Waals surface area contributed by atoms with Gasteiger partial charge in [0.2, 0.25) is 5.91 Å². The maximum Gasteiger partial charge on any atom is 0.282 e. The van der Waals surface area contributed by atoms with E-state index in [1.54, 1.807) is 42.5 Å². The summed E-state index contributed by atoms with van der Waals surface area (Å²) in [6, 6.07) is 12.3. The van der Waals surface area contributed by atoms with Gasteiger partial charge in [-0.15, -0.1) is 0 Å². The standard InChI is InChI=1S/C19H14ClF2N3O2/c20-13-6-4-12(5-7-13)14-2-1-3-15-17(14)18(27)24(11-23-15)8-16(26)25-9-19(21,22)10-25/h1-7,11H,8-10H2. The fourth-order valence-corrected chi connectivity index (χ4v) is 3.24. The number of aromatic nitrogens is 2. The van der Waals surface area contributed by atoms with Crippen molar-refractivity contribution in [3.05, 3.63) is 64.2 Å². The van der Waals surface area contributed by atoms with Crippen LogP contribution < -0.4 is 5.56 Å². The summed E-state index contributed by atoms with van der Waals surface area (Å²) in [7, 11) is 0. The van der Waals surface area contributed by atoms with E-state index in [-0.39, 0.29) is 6.54 Å². The predicted octanol–water partition coefficient (Wildman–Crippen LogP) is 3.19. The van der Waals surface area contributed by atoms with Gasteiger partial charge in [0.15, 0.2) is 0 Å². The lowest BCUT2D eigenvalue weighted by atomic mass is 10.0. The van der Waals surface area contributed by atoms with E-state index >= 15 is 0 Å². The number of halogens is 3. The van der Waals surface area contributed by atoms with E-state index in [1.807, 2.05) is 0 Å². The molecule has 1 aromatic heterocycles. The van der Waals surface area contributed by atoms with Crippen LogP contribution in [0.1, 0.15) is 0 Å². The van der Waals surface area contributed by atoms with E-state index in [0.29, 0.717) is 21.5 Å². The van der Waals surface area contributed by atoms with Gasteiger partial charge in [-0.3, -0.25) is 14.2 Å². The molecule has 1 saturated heterocycles. The van der Waals surface area contributed by atoms with E-state index < -0.39 is 30.5 Å². The van der Waals surface area contributed by atoms with Crippen LogP contribution in [0.25, 0.3) is 22.0 Å². The van der Waals surface area contributed by atoms with Crippen LogP contribution in [0.2, 0.25) is 5.02 Å². The number of nitrogens with zero attached hydrogens (tertiary/aromatic N) is 3. The Hall–Kier alpha value is -2.80. The first-order valence-electron chi connectivity index (χ1n) is 8.24. The van der Waals surface area contributed by atoms with Crippen molar-refractivity contribution in [2.24, 2.45) is 0 Å². The van der Waals surface area contributed by atoms with Crippen molar-refractivity contribution in [2.75, 3.05) is 13.1 Å². The number of fused-ring (bicyclic) bond motifs is 1. The molecule has 0 unspecified atom stereocenters. The summed E-state index contributed by atoms with van der Waals surface area (Å²) in [5.41, 5.74) is 1.55. The molecule has 0 radical (unpaired) electrons. The Morgan fingerprint density at radius 2 is 1.85 bits per heavy atom. The molecule has 8 heteroatoms. The fraction of sp³-hybridized carbons (Fsp3) is 0.211. The lowest BCUT2D eigenvalue weighted by Crippen LogP contribution is -2.59. The van der Waals surface area contributed by atoms with Crippen molar-refractivity contribution >= 4 is 28.4 Å². The topological polar surface area (TPSA) is 55.2 Å². The van der Waals surface area contributed by atoms with Crippen molar-refractivity contribution < 1.29 is 13.6 Å². The molecule has 5 nitrogen and oxygen atoms in total. The number of hydrogen-bond donors (Lipinski definition) is 0. The molecule has 0 N–H and O–H groups in total. The summed E-state index contributed by atoms with van der Waals surface area (Å²) in [4.78, 5) is 30.4. The van der Waals surface area contributed by atoms with Crippen LogP contribution in [0, 0.1) is 0 Å². The zero-order valence-electron chi connectivity index (χ0n) is 14.0. The smallest absolute Gasteiger partial charge is 0.282 e. The minimum absolute atomic E-state index is 0.327. The van der Waals surface area contributed by atoms with Crippen molar-refractivity contribution in [3.63, 3.8) is 0 Å². The minimum atomic E-state index is -2.84. The SMILES string of the molecule is O=C(Cn1cnc2cccc(-c3ccc(Cl)cc3)c2c1=O)N1CC(F)(F)C1. The van der Waals surface area contributed by atoms with Crippen molar-refractivity contribution in [1.29, 1.82) is 0 Å². The normalized spacial score (nSPS) is 15.6. The number of alkyl halides is 2. The summed E-state index contributed by atoms with van der Waals surface area (Å²) in [6.45, 7) is -1.55. The van der Waals surface area contributed by atoms with Gasteiger partial charge in [0.1, 0.15) is 6.54 Å². The average Bonchev–Trinajstić information content (AvgIpc) is 2.62. The van der Waals surface area contributed by atoms with Crippen LogP contribution in [0.4, 0.5) is 8.78 Å². The zero-order valence-corrected chi connectivity index (χ0v) is 14.8. The molecule has 1 amide bonds. The Balaban J connectivity index is 1.73. The quantitative estimate of drug-likeness (QED) is 0.691. The Labute approximate surface area is 157 Å². The lowest BCUT2D eigenvalue weighted by Gasteiger charge is -2.38. The highest BCUT2D eigenvalue weighted by atomic mass is 35.5. The van der Waals surface area contributed by atoms with E-state index in [1.165, 1.54) is 6.33 Å². The molecular formula is C19H14ClF2N3O2. The molecule has 27 heavy (non-hydrogen) atoms. The van der Waals surface area contributed by atoms with Gasteiger partial charge in [-0.2, -0.15) is 0 Å². The van der Waals surface area contributed by atoms with Crippen LogP contribution in [0.5, 0.6) is 0 Å². The molecule has 2 aromatic carbocycles. The summed E-state index contributed by atoms with van der Waals surface area (Å²) in [5, 5.41) is 0.940. The third-order valence-electron chi connectivity index (χ3n) is 4.51. The van der Waals surface area contributed by atoms with Gasteiger partial charge in [0, 0.05) is 5.02 Å². The van der Waals surface area contributed by atoms with Gasteiger partial charge in [-0.25, -0.2) is 13.8 Å². The van der Waals surface area contributed by atoms with Crippen molar-refractivity contribution in [1.82, 2.24) is 14.5 Å². The number of carbonyl (C=O) groups is 1. The minimum Gasteiger partial charge on any atom is -0.329 e. The molecule has 1 fully saturated rings. The van der Waals surface area contributed by atoms with Crippen LogP contribution in [-0.2, 0) is 11.3 Å². The molecule has 3 aromatic rings. The van der Waals surface area contributed by atoms with Gasteiger partial charge < -0.3 is 4.90 Å². The number of carbonyl (C=O) groups excluding carboxylic acids is 1. The second-order valence-electron chi connectivity index (χ2n) is 6.49. The Morgan fingerprint density at radius 1 is 1.15 bits per heavy atom. The van der Waals surface area contributed by atoms with E-state index in [4.69, 9.17) is 11.6 Å². The molecule has 138 valence electrons. The molecule has 1 aliphatic heterocycles. The van der Waals surface area contributed by atoms with Crippen LogP contribution in [0.15, 0.2) is 53.6 Å². The number of benzene rings is 2. The summed E-state index contributed by atoms with van der Waals surface area (Å²) >= 11 is 5.93. The Kier molecular flexibility index (Phi) is 4.19. The van der Waals surface area contributed by atoms with Gasteiger partial charge >= 0.3 is 0 Å². The zero-order chi connectivity index (χ0) is 19.2. The van der Waals surface area contributed by atoms with E-state index in [2.05, 4.69) is 4.98 Å². The number of likely N-dealkylation sites (tertiary alicyclic amines) is 1. The average molecular weight is 390 g/mol. The maximum atomic E-state index is 13.0. The van der Waals surface area contributed by atoms with Gasteiger partial charge in [0.25, 0.3) is 11.5 Å². The number of amides is 1. The van der Waals surface area contributed by atoms with Crippen LogP contribution in [-0.4, -0.2) is 39.4 Å². The summed E-state index contributed by atoms with van der Waals surface area (Å²) in [6.07, 6.45) is 1.27. The van der Waals surface area contributed by atoms with Crippen molar-refractivity contribution in [3.8, 4) is 11.1 Å². The fourth-order valence-electron chi connectivity index (χ4n) is 3.12. The highest BCUT2D eigenvalue weighted by molar-refractivity contribution is 6.30. The van der Waals surface area contributed by atoms with Crippen LogP contribution in [0.3, 0.4) is 0 Å². The van der Waals surface area contributed by atoms with Crippen LogP contribution >= 0.6 is 11.6 Å². The molecule has 1 aliphatic rings. The predicted molar refractivity (Wildman–Crippen MR) is 98.0 cm³/mol. The number of hydrogen-bond acceptors (Lipinski definition) is 3. The van der Waals surface area contributed by atoms with E-state index in [9.17, 15) is 18.4 Å². The molecule has 4 rings (SSSR count). The lowest BCUT2D eigenvalue weighted by molar-refractivity contribution is -0.166. The molecule has 0 atom stereocenters. The van der Waals surface area contributed by atoms with E-state index in [0.717, 1.165) is 15.0 Å². The highest BCUT2D eigenvalue weighted by Gasteiger charge is 2.46. The largest absolute Gasteiger partial charge is 0.329 e. The first kappa shape index (κ1) is 17.6. The summed E-state index contributed by atoms with van der Waals surface area (Å²) in [5.74, 6) is -3.38. The maximum absolute atomic E-state index is 13.0. The molecule has 0 spiro atoms. The molecular weight excluding hydrogens is 376 g/mol. The molecule has 0 aliphatic carbocycles. The van der Waals surface area contributed by atoms with Gasteiger partial charge in [0.05, 0.1) is 30.3 Å². The van der Waals surface area contributed by atoms with Gasteiger partial charge in [-0.1, -0.05) is 35.9 Å². The first-order valence-corrected chi connectivity index (χ1v) is 8.62.